The van der Waals surface area contributed by atoms with Gasteiger partial charge in [-0.05, 0) is 84.1 Å². The minimum absolute atomic E-state index is 0.273. The number of likely N-dealkylation sites (tertiary alicyclic amines) is 1. The lowest BCUT2D eigenvalue weighted by molar-refractivity contribution is -0.142. The molecule has 0 radical (unpaired) electrons. The molecular formula is C35H44N2O4S. The summed E-state index contributed by atoms with van der Waals surface area (Å²) in [4.78, 5) is 28.7. The molecule has 42 heavy (non-hydrogen) atoms. The van der Waals surface area contributed by atoms with E-state index >= 15 is 0 Å². The van der Waals surface area contributed by atoms with E-state index < -0.39 is 12.0 Å². The number of methoxy groups -OCH3 is 2. The standard InChI is InChI=1S/C35H44N2O4S/c1-24-11-9-10-14-29(24)31-20-27(15-16-30(31)34(38)36-32(17-18-42-5)35(39)41-4)22-37-28(23-40-3)19-25(2)33(37)21-26-12-7-6-8-13-26/h6-16,20,25,28,32-33H,17-19,21-23H2,1-5H3,(H,36,38)/t25?,28-,32-,33+/m0/s1. The van der Waals surface area contributed by atoms with Crippen LogP contribution in [0, 0.1) is 12.8 Å². The van der Waals surface area contributed by atoms with Gasteiger partial charge < -0.3 is 14.8 Å². The summed E-state index contributed by atoms with van der Waals surface area (Å²) in [6.07, 6.45) is 4.56. The number of nitrogens with zero attached hydrogens (tertiary/aromatic N) is 1. The number of hydrogen-bond acceptors (Lipinski definition) is 6. The minimum atomic E-state index is -0.695. The van der Waals surface area contributed by atoms with E-state index in [1.807, 2.05) is 24.5 Å². The van der Waals surface area contributed by atoms with E-state index in [0.29, 0.717) is 36.6 Å². The molecule has 3 aromatic carbocycles. The quantitative estimate of drug-likeness (QED) is 0.242. The predicted octanol–water partition coefficient (Wildman–Crippen LogP) is 6.15. The number of ether oxygens (including phenoxy) is 2. The molecule has 7 heteroatoms. The smallest absolute Gasteiger partial charge is 0.328 e. The summed E-state index contributed by atoms with van der Waals surface area (Å²) in [7, 11) is 3.13. The number of carbonyl (C=O) groups is 2. The van der Waals surface area contributed by atoms with Gasteiger partial charge in [-0.1, -0.05) is 67.6 Å². The van der Waals surface area contributed by atoms with Gasteiger partial charge in [0, 0.05) is 31.3 Å². The molecule has 1 amide bonds. The van der Waals surface area contributed by atoms with Crippen LogP contribution in [-0.2, 0) is 27.2 Å². The topological polar surface area (TPSA) is 67.9 Å². The first-order valence-corrected chi connectivity index (χ1v) is 16.1. The van der Waals surface area contributed by atoms with Gasteiger partial charge in [0.05, 0.1) is 13.7 Å². The molecule has 6 nitrogen and oxygen atoms in total. The summed E-state index contributed by atoms with van der Waals surface area (Å²) in [6, 6.07) is 24.9. The molecule has 1 heterocycles. The summed E-state index contributed by atoms with van der Waals surface area (Å²) < 4.78 is 10.6. The number of esters is 1. The molecule has 0 spiro atoms. The first kappa shape index (κ1) is 31.8. The van der Waals surface area contributed by atoms with Gasteiger partial charge in [0.15, 0.2) is 0 Å². The van der Waals surface area contributed by atoms with Gasteiger partial charge in [0.1, 0.15) is 6.04 Å². The van der Waals surface area contributed by atoms with Crippen molar-refractivity contribution >= 4 is 23.6 Å². The van der Waals surface area contributed by atoms with Gasteiger partial charge >= 0.3 is 5.97 Å². The highest BCUT2D eigenvalue weighted by Crippen LogP contribution is 2.35. The third-order valence-corrected chi connectivity index (χ3v) is 9.02. The van der Waals surface area contributed by atoms with E-state index in [-0.39, 0.29) is 5.91 Å². The van der Waals surface area contributed by atoms with E-state index in [1.54, 1.807) is 18.9 Å². The van der Waals surface area contributed by atoms with Crippen molar-refractivity contribution in [1.29, 1.82) is 0 Å². The highest BCUT2D eigenvalue weighted by molar-refractivity contribution is 7.98. The number of benzene rings is 3. The van der Waals surface area contributed by atoms with Crippen molar-refractivity contribution in [2.75, 3.05) is 32.8 Å². The van der Waals surface area contributed by atoms with Crippen LogP contribution >= 0.6 is 11.8 Å². The molecule has 0 bridgehead atoms. The highest BCUT2D eigenvalue weighted by Gasteiger charge is 2.38. The Hall–Kier alpha value is -3.13. The maximum absolute atomic E-state index is 13.7. The molecule has 1 unspecified atom stereocenters. The molecule has 1 aliphatic rings. The molecule has 4 atom stereocenters. The fourth-order valence-electron chi connectivity index (χ4n) is 6.16. The van der Waals surface area contributed by atoms with Crippen molar-refractivity contribution in [3.05, 3.63) is 95.1 Å². The molecule has 1 aliphatic heterocycles. The van der Waals surface area contributed by atoms with Gasteiger partial charge in [0.25, 0.3) is 5.91 Å². The molecule has 0 aromatic heterocycles. The summed E-state index contributed by atoms with van der Waals surface area (Å²) in [5.41, 5.74) is 6.00. The summed E-state index contributed by atoms with van der Waals surface area (Å²) in [6.45, 7) is 5.85. The third-order valence-electron chi connectivity index (χ3n) is 8.37. The van der Waals surface area contributed by atoms with Crippen molar-refractivity contribution in [3.63, 3.8) is 0 Å². The number of aryl methyl sites for hydroxylation is 1. The van der Waals surface area contributed by atoms with E-state index in [4.69, 9.17) is 9.47 Å². The Balaban J connectivity index is 1.68. The first-order valence-electron chi connectivity index (χ1n) is 14.7. The van der Waals surface area contributed by atoms with Crippen molar-refractivity contribution in [1.82, 2.24) is 10.2 Å². The van der Waals surface area contributed by atoms with Gasteiger partial charge in [-0.2, -0.15) is 11.8 Å². The first-order chi connectivity index (χ1) is 20.4. The van der Waals surface area contributed by atoms with Gasteiger partial charge in [-0.15, -0.1) is 0 Å². The normalized spacial score (nSPS) is 19.4. The van der Waals surface area contributed by atoms with Crippen LogP contribution < -0.4 is 5.32 Å². The van der Waals surface area contributed by atoms with Crippen LogP contribution in [0.2, 0.25) is 0 Å². The van der Waals surface area contributed by atoms with Crippen LogP contribution in [0.5, 0.6) is 0 Å². The zero-order valence-corrected chi connectivity index (χ0v) is 26.3. The SMILES string of the molecule is COC[C@@H]1CC(C)[C@@H](Cc2ccccc2)N1Cc1ccc(C(=O)N[C@@H](CCSC)C(=O)OC)c(-c2ccccc2C)c1. The third kappa shape index (κ3) is 7.82. The minimum Gasteiger partial charge on any atom is -0.467 e. The number of amides is 1. The molecule has 1 saturated heterocycles. The van der Waals surface area contributed by atoms with Crippen LogP contribution in [-0.4, -0.2) is 67.7 Å². The summed E-state index contributed by atoms with van der Waals surface area (Å²) in [5, 5.41) is 2.95. The second-order valence-electron chi connectivity index (χ2n) is 11.3. The van der Waals surface area contributed by atoms with E-state index in [1.165, 1.54) is 12.7 Å². The Morgan fingerprint density at radius 3 is 2.43 bits per heavy atom. The van der Waals surface area contributed by atoms with Crippen molar-refractivity contribution in [2.45, 2.75) is 57.8 Å². The number of rotatable bonds is 13. The summed E-state index contributed by atoms with van der Waals surface area (Å²) >= 11 is 1.63. The molecule has 4 rings (SSSR count). The molecule has 1 N–H and O–H groups in total. The Morgan fingerprint density at radius 2 is 1.74 bits per heavy atom. The molecule has 224 valence electrons. The van der Waals surface area contributed by atoms with E-state index in [9.17, 15) is 9.59 Å². The number of nitrogens with one attached hydrogen (secondary N) is 1. The van der Waals surface area contributed by atoms with Gasteiger partial charge in [-0.25, -0.2) is 4.79 Å². The highest BCUT2D eigenvalue weighted by atomic mass is 32.2. The van der Waals surface area contributed by atoms with Crippen LogP contribution in [0.3, 0.4) is 0 Å². The maximum Gasteiger partial charge on any atom is 0.328 e. The monoisotopic (exact) mass is 588 g/mol. The van der Waals surface area contributed by atoms with Crippen LogP contribution in [0.4, 0.5) is 0 Å². The number of hydrogen-bond donors (Lipinski definition) is 1. The average molecular weight is 589 g/mol. The number of carbonyl (C=O) groups excluding carboxylic acids is 2. The molecule has 0 aliphatic carbocycles. The average Bonchev–Trinajstić information content (AvgIpc) is 3.28. The van der Waals surface area contributed by atoms with Crippen LogP contribution in [0.1, 0.15) is 46.8 Å². The zero-order chi connectivity index (χ0) is 30.1. The Morgan fingerprint density at radius 1 is 1.00 bits per heavy atom. The molecular weight excluding hydrogens is 544 g/mol. The zero-order valence-electron chi connectivity index (χ0n) is 25.5. The van der Waals surface area contributed by atoms with Crippen LogP contribution in [0.25, 0.3) is 11.1 Å². The lowest BCUT2D eigenvalue weighted by Crippen LogP contribution is -2.42. The number of thioether (sulfide) groups is 1. The Labute approximate surface area is 255 Å². The van der Waals surface area contributed by atoms with E-state index in [2.05, 4.69) is 78.7 Å². The second kappa shape index (κ2) is 15.4. The van der Waals surface area contributed by atoms with E-state index in [0.717, 1.165) is 47.4 Å². The van der Waals surface area contributed by atoms with Gasteiger partial charge in [0.2, 0.25) is 0 Å². The molecule has 0 saturated carbocycles. The lowest BCUT2D eigenvalue weighted by Gasteiger charge is -2.31. The maximum atomic E-state index is 13.7. The van der Waals surface area contributed by atoms with Crippen molar-refractivity contribution < 1.29 is 19.1 Å². The fraction of sp³-hybridized carbons (Fsp3) is 0.429. The molecule has 1 fully saturated rings. The largest absolute Gasteiger partial charge is 0.467 e. The van der Waals surface area contributed by atoms with Crippen molar-refractivity contribution in [3.8, 4) is 11.1 Å². The second-order valence-corrected chi connectivity index (χ2v) is 12.3. The van der Waals surface area contributed by atoms with Crippen LogP contribution in [0.15, 0.2) is 72.8 Å². The summed E-state index contributed by atoms with van der Waals surface area (Å²) in [5.74, 6) is 0.571. The van der Waals surface area contributed by atoms with Gasteiger partial charge in [-0.3, -0.25) is 9.69 Å². The fourth-order valence-corrected chi connectivity index (χ4v) is 6.63. The lowest BCUT2D eigenvalue weighted by atomic mass is 9.93. The Kier molecular flexibility index (Phi) is 11.6. The predicted molar refractivity (Wildman–Crippen MR) is 172 cm³/mol. The Bertz CT molecular complexity index is 1330. The van der Waals surface area contributed by atoms with Crippen molar-refractivity contribution in [2.24, 2.45) is 5.92 Å². The molecule has 3 aromatic rings.